The molecule has 4 rings (SSSR count). The Morgan fingerprint density at radius 1 is 0.964 bits per heavy atom. The van der Waals surface area contributed by atoms with Crippen LogP contribution in [0.3, 0.4) is 0 Å². The summed E-state index contributed by atoms with van der Waals surface area (Å²) in [6.07, 6.45) is 2.58. The SMILES string of the molecule is CC(=O)NC(C)c1ccc2cc(Oc3ccc(OCC4CC4)cc3)ccc2c1. The van der Waals surface area contributed by atoms with Gasteiger partial charge >= 0.3 is 0 Å². The fourth-order valence-electron chi connectivity index (χ4n) is 3.20. The van der Waals surface area contributed by atoms with Gasteiger partial charge in [0.25, 0.3) is 0 Å². The standard InChI is InChI=1S/C24H25NO3/c1-16(25-17(2)26)19-5-6-21-14-24(8-7-20(21)13-19)28-23-11-9-22(10-12-23)27-15-18-3-4-18/h5-14,16,18H,3-4,15H2,1-2H3,(H,25,26). The summed E-state index contributed by atoms with van der Waals surface area (Å²) >= 11 is 0. The van der Waals surface area contributed by atoms with E-state index in [2.05, 4.69) is 17.4 Å². The lowest BCUT2D eigenvalue weighted by Crippen LogP contribution is -2.23. The molecule has 1 atom stereocenters. The van der Waals surface area contributed by atoms with Crippen LogP contribution in [-0.4, -0.2) is 12.5 Å². The second-order valence-electron chi connectivity index (χ2n) is 7.52. The molecule has 0 heterocycles. The van der Waals surface area contributed by atoms with E-state index in [0.29, 0.717) is 0 Å². The van der Waals surface area contributed by atoms with E-state index in [0.717, 1.165) is 46.1 Å². The summed E-state index contributed by atoms with van der Waals surface area (Å²) in [6.45, 7) is 4.33. The van der Waals surface area contributed by atoms with E-state index >= 15 is 0 Å². The molecule has 1 amide bonds. The summed E-state index contributed by atoms with van der Waals surface area (Å²) in [5.41, 5.74) is 1.08. The molecule has 1 aliphatic rings. The molecule has 4 heteroatoms. The van der Waals surface area contributed by atoms with Crippen molar-refractivity contribution in [3.8, 4) is 17.2 Å². The van der Waals surface area contributed by atoms with Crippen LogP contribution in [0.5, 0.6) is 17.2 Å². The van der Waals surface area contributed by atoms with Crippen molar-refractivity contribution >= 4 is 16.7 Å². The van der Waals surface area contributed by atoms with Crippen LogP contribution in [0.15, 0.2) is 60.7 Å². The van der Waals surface area contributed by atoms with Crippen molar-refractivity contribution < 1.29 is 14.3 Å². The minimum Gasteiger partial charge on any atom is -0.493 e. The lowest BCUT2D eigenvalue weighted by molar-refractivity contribution is -0.119. The van der Waals surface area contributed by atoms with Gasteiger partial charge in [0, 0.05) is 6.92 Å². The van der Waals surface area contributed by atoms with Gasteiger partial charge in [-0.3, -0.25) is 4.79 Å². The molecule has 0 bridgehead atoms. The number of rotatable bonds is 7. The number of nitrogens with one attached hydrogen (secondary N) is 1. The summed E-state index contributed by atoms with van der Waals surface area (Å²) in [5.74, 6) is 3.19. The zero-order chi connectivity index (χ0) is 19.5. The molecule has 0 radical (unpaired) electrons. The van der Waals surface area contributed by atoms with Crippen molar-refractivity contribution in [3.05, 3.63) is 66.2 Å². The van der Waals surface area contributed by atoms with E-state index in [-0.39, 0.29) is 11.9 Å². The molecule has 0 spiro atoms. The quantitative estimate of drug-likeness (QED) is 0.583. The first-order valence-corrected chi connectivity index (χ1v) is 9.78. The van der Waals surface area contributed by atoms with Crippen molar-refractivity contribution in [2.45, 2.75) is 32.7 Å². The van der Waals surface area contributed by atoms with E-state index in [1.54, 1.807) is 0 Å². The zero-order valence-corrected chi connectivity index (χ0v) is 16.3. The van der Waals surface area contributed by atoms with Gasteiger partial charge in [-0.2, -0.15) is 0 Å². The van der Waals surface area contributed by atoms with Gasteiger partial charge in [-0.05, 0) is 84.5 Å². The van der Waals surface area contributed by atoms with Crippen LogP contribution in [0.2, 0.25) is 0 Å². The third-order valence-corrected chi connectivity index (χ3v) is 5.00. The van der Waals surface area contributed by atoms with Crippen molar-refractivity contribution in [2.24, 2.45) is 5.92 Å². The molecule has 0 aliphatic heterocycles. The van der Waals surface area contributed by atoms with E-state index in [1.807, 2.05) is 55.5 Å². The highest BCUT2D eigenvalue weighted by atomic mass is 16.5. The van der Waals surface area contributed by atoms with Gasteiger partial charge in [-0.15, -0.1) is 0 Å². The van der Waals surface area contributed by atoms with E-state index in [9.17, 15) is 4.79 Å². The predicted octanol–water partition coefficient (Wildman–Crippen LogP) is 5.62. The number of benzene rings is 3. The molecule has 3 aromatic rings. The molecular weight excluding hydrogens is 350 g/mol. The maximum Gasteiger partial charge on any atom is 0.217 e. The second kappa shape index (κ2) is 7.93. The lowest BCUT2D eigenvalue weighted by atomic mass is 10.0. The number of carbonyl (C=O) groups excluding carboxylic acids is 1. The second-order valence-corrected chi connectivity index (χ2v) is 7.52. The molecule has 1 saturated carbocycles. The molecule has 0 aromatic heterocycles. The van der Waals surface area contributed by atoms with Gasteiger partial charge in [0.15, 0.2) is 0 Å². The normalized spacial score (nSPS) is 14.5. The largest absolute Gasteiger partial charge is 0.493 e. The van der Waals surface area contributed by atoms with Crippen LogP contribution >= 0.6 is 0 Å². The summed E-state index contributed by atoms with van der Waals surface area (Å²) in [7, 11) is 0. The molecular formula is C24H25NO3. The lowest BCUT2D eigenvalue weighted by Gasteiger charge is -2.14. The van der Waals surface area contributed by atoms with E-state index < -0.39 is 0 Å². The number of hydrogen-bond acceptors (Lipinski definition) is 3. The fourth-order valence-corrected chi connectivity index (χ4v) is 3.20. The molecule has 1 fully saturated rings. The first-order valence-electron chi connectivity index (χ1n) is 9.78. The van der Waals surface area contributed by atoms with Crippen LogP contribution in [-0.2, 0) is 4.79 Å². The van der Waals surface area contributed by atoms with Crippen molar-refractivity contribution in [2.75, 3.05) is 6.61 Å². The van der Waals surface area contributed by atoms with Crippen LogP contribution in [0.25, 0.3) is 10.8 Å². The molecule has 1 N–H and O–H groups in total. The highest BCUT2D eigenvalue weighted by Crippen LogP contribution is 2.31. The minimum atomic E-state index is -0.0275. The number of amides is 1. The topological polar surface area (TPSA) is 47.6 Å². The summed E-state index contributed by atoms with van der Waals surface area (Å²) in [5, 5.41) is 5.13. The third-order valence-electron chi connectivity index (χ3n) is 5.00. The minimum absolute atomic E-state index is 0.0153. The third kappa shape index (κ3) is 4.63. The number of hydrogen-bond donors (Lipinski definition) is 1. The average molecular weight is 375 g/mol. The van der Waals surface area contributed by atoms with Crippen LogP contribution in [0.1, 0.15) is 38.3 Å². The highest BCUT2D eigenvalue weighted by molar-refractivity contribution is 5.85. The Kier molecular flexibility index (Phi) is 5.20. The first-order chi connectivity index (χ1) is 13.6. The maximum atomic E-state index is 11.3. The average Bonchev–Trinajstić information content (AvgIpc) is 3.51. The van der Waals surface area contributed by atoms with Crippen LogP contribution < -0.4 is 14.8 Å². The number of ether oxygens (including phenoxy) is 2. The summed E-state index contributed by atoms with van der Waals surface area (Å²) in [4.78, 5) is 11.3. The Bertz CT molecular complexity index is 977. The highest BCUT2D eigenvalue weighted by Gasteiger charge is 2.21. The molecule has 4 nitrogen and oxygen atoms in total. The summed E-state index contributed by atoms with van der Waals surface area (Å²) < 4.78 is 11.8. The van der Waals surface area contributed by atoms with Crippen molar-refractivity contribution in [3.63, 3.8) is 0 Å². The molecule has 144 valence electrons. The van der Waals surface area contributed by atoms with Gasteiger partial charge in [0.05, 0.1) is 12.6 Å². The Morgan fingerprint density at radius 3 is 2.32 bits per heavy atom. The smallest absolute Gasteiger partial charge is 0.217 e. The van der Waals surface area contributed by atoms with Gasteiger partial charge in [0.1, 0.15) is 17.2 Å². The Labute approximate surface area is 165 Å². The predicted molar refractivity (Wildman–Crippen MR) is 111 cm³/mol. The Morgan fingerprint density at radius 2 is 1.61 bits per heavy atom. The Balaban J connectivity index is 1.44. The van der Waals surface area contributed by atoms with Gasteiger partial charge in [-0.1, -0.05) is 18.2 Å². The maximum absolute atomic E-state index is 11.3. The van der Waals surface area contributed by atoms with Gasteiger partial charge in [0.2, 0.25) is 5.91 Å². The monoisotopic (exact) mass is 375 g/mol. The van der Waals surface area contributed by atoms with Crippen LogP contribution in [0, 0.1) is 5.92 Å². The van der Waals surface area contributed by atoms with E-state index in [4.69, 9.17) is 9.47 Å². The molecule has 0 saturated heterocycles. The molecule has 1 aliphatic carbocycles. The first kappa shape index (κ1) is 18.4. The zero-order valence-electron chi connectivity index (χ0n) is 16.3. The fraction of sp³-hybridized carbons (Fsp3) is 0.292. The molecule has 1 unspecified atom stereocenters. The number of carbonyl (C=O) groups is 1. The van der Waals surface area contributed by atoms with Crippen LogP contribution in [0.4, 0.5) is 0 Å². The van der Waals surface area contributed by atoms with Crippen molar-refractivity contribution in [1.29, 1.82) is 0 Å². The molecule has 28 heavy (non-hydrogen) atoms. The van der Waals surface area contributed by atoms with Gasteiger partial charge < -0.3 is 14.8 Å². The van der Waals surface area contributed by atoms with Crippen molar-refractivity contribution in [1.82, 2.24) is 5.32 Å². The summed E-state index contributed by atoms with van der Waals surface area (Å²) in [6, 6.07) is 20.0. The van der Waals surface area contributed by atoms with E-state index in [1.165, 1.54) is 19.8 Å². The number of fused-ring (bicyclic) bond motifs is 1. The molecule has 3 aromatic carbocycles. The Hall–Kier alpha value is -3.01. The van der Waals surface area contributed by atoms with Gasteiger partial charge in [-0.25, -0.2) is 0 Å².